The van der Waals surface area contributed by atoms with E-state index in [9.17, 15) is 27.6 Å². The van der Waals surface area contributed by atoms with Gasteiger partial charge in [-0.05, 0) is 51.7 Å². The second-order valence-electron chi connectivity index (χ2n) is 10.8. The second-order valence-corrected chi connectivity index (χ2v) is 11.6. The summed E-state index contributed by atoms with van der Waals surface area (Å²) in [6.07, 6.45) is -1.73. The van der Waals surface area contributed by atoms with Gasteiger partial charge in [0.1, 0.15) is 16.4 Å². The number of fused-ring (bicyclic) bond motifs is 1. The number of pyridine rings is 2. The summed E-state index contributed by atoms with van der Waals surface area (Å²) >= 11 is 0.804. The molecule has 0 saturated carbocycles. The summed E-state index contributed by atoms with van der Waals surface area (Å²) in [5, 5.41) is 9.31. The number of rotatable bonds is 11. The molecule has 0 spiro atoms. The molecule has 15 heteroatoms. The molecule has 0 radical (unpaired) electrons. The molecular formula is C30H34F3N7O4S. The van der Waals surface area contributed by atoms with Crippen LogP contribution in [-0.4, -0.2) is 78.3 Å². The number of benzene rings is 1. The van der Waals surface area contributed by atoms with E-state index in [0.29, 0.717) is 41.8 Å². The van der Waals surface area contributed by atoms with Crippen LogP contribution in [-0.2, 0) is 17.5 Å². The molecule has 1 aromatic carbocycles. The number of carbonyl (C=O) groups excluding carboxylic acids is 2. The number of halogens is 3. The Morgan fingerprint density at radius 2 is 1.91 bits per heavy atom. The highest BCUT2D eigenvalue weighted by Crippen LogP contribution is 2.39. The van der Waals surface area contributed by atoms with Gasteiger partial charge < -0.3 is 24.8 Å². The lowest BCUT2D eigenvalue weighted by Crippen LogP contribution is -2.34. The van der Waals surface area contributed by atoms with Crippen LogP contribution < -0.4 is 21.4 Å². The predicted octanol–water partition coefficient (Wildman–Crippen LogP) is 4.67. The van der Waals surface area contributed by atoms with Gasteiger partial charge in [0.25, 0.3) is 5.91 Å². The van der Waals surface area contributed by atoms with Crippen LogP contribution in [0.15, 0.2) is 46.8 Å². The molecule has 3 amide bonds. The van der Waals surface area contributed by atoms with Crippen LogP contribution in [0.25, 0.3) is 32.6 Å². The number of likely N-dealkylation sites (N-methyl/N-ethyl adjacent to an activating group) is 1. The lowest BCUT2D eigenvalue weighted by atomic mass is 9.99. The minimum Gasteiger partial charge on any atom is -0.383 e. The normalized spacial score (nSPS) is 11.8. The van der Waals surface area contributed by atoms with E-state index in [2.05, 4.69) is 25.9 Å². The molecule has 0 fully saturated rings. The van der Waals surface area contributed by atoms with Crippen LogP contribution in [0.2, 0.25) is 0 Å². The van der Waals surface area contributed by atoms with Gasteiger partial charge in [0.15, 0.2) is 5.69 Å². The molecule has 0 atom stereocenters. The van der Waals surface area contributed by atoms with Crippen molar-refractivity contribution in [2.75, 3.05) is 46.2 Å². The zero-order chi connectivity index (χ0) is 32.9. The largest absolute Gasteiger partial charge is 0.434 e. The number of alkyl halides is 3. The van der Waals surface area contributed by atoms with Crippen molar-refractivity contribution in [3.05, 3.63) is 63.5 Å². The summed E-state index contributed by atoms with van der Waals surface area (Å²) in [6, 6.07) is 5.68. The second kappa shape index (κ2) is 14.2. The van der Waals surface area contributed by atoms with Crippen molar-refractivity contribution in [2.45, 2.75) is 32.6 Å². The van der Waals surface area contributed by atoms with Gasteiger partial charge in [-0.1, -0.05) is 6.07 Å². The van der Waals surface area contributed by atoms with Crippen molar-refractivity contribution in [1.82, 2.24) is 30.1 Å². The average Bonchev–Trinajstić information content (AvgIpc) is 3.47. The number of nitrogens with one attached hydrogen (secondary N) is 3. The number of aromatic nitrogens is 3. The van der Waals surface area contributed by atoms with E-state index in [1.165, 1.54) is 25.6 Å². The predicted molar refractivity (Wildman–Crippen MR) is 168 cm³/mol. The lowest BCUT2D eigenvalue weighted by molar-refractivity contribution is -0.140. The Morgan fingerprint density at radius 1 is 1.16 bits per heavy atom. The molecule has 0 bridgehead atoms. The minimum atomic E-state index is -4.64. The standard InChI is InChI=1S/C30H34F3N7O4S/c1-17(2)36-29(43)38-25-13-20(28-37-24(16-45-28)30(31,32)33)21(14-35-25)18-6-7-19-23(12-18)40(10-11-44-5)15-22(26(19)41)27(42)34-8-9-39(3)4/h6-7,12-17H,8-11H2,1-5H3,(H,34,42)(H2,35,36,38,43). The number of urea groups is 1. The quantitative estimate of drug-likeness (QED) is 0.216. The molecule has 0 aliphatic carbocycles. The van der Waals surface area contributed by atoms with E-state index < -0.39 is 29.2 Å². The Kier molecular flexibility index (Phi) is 10.6. The number of anilines is 1. The van der Waals surface area contributed by atoms with E-state index in [0.717, 1.165) is 16.7 Å². The van der Waals surface area contributed by atoms with Gasteiger partial charge in [-0.2, -0.15) is 13.2 Å². The third-order valence-electron chi connectivity index (χ3n) is 6.61. The Bertz CT molecular complexity index is 1750. The van der Waals surface area contributed by atoms with Gasteiger partial charge in [0.2, 0.25) is 5.43 Å². The molecule has 45 heavy (non-hydrogen) atoms. The maximum atomic E-state index is 13.5. The first-order valence-corrected chi connectivity index (χ1v) is 14.9. The van der Waals surface area contributed by atoms with Crippen LogP contribution >= 0.6 is 11.3 Å². The number of amides is 3. The van der Waals surface area contributed by atoms with Gasteiger partial charge in [-0.3, -0.25) is 14.9 Å². The SMILES string of the molecule is COCCn1cc(C(=O)NCCN(C)C)c(=O)c2ccc(-c3cnc(NC(=O)NC(C)C)cc3-c3nc(C(F)(F)F)cs3)cc21. The van der Waals surface area contributed by atoms with E-state index in [-0.39, 0.29) is 34.4 Å². The van der Waals surface area contributed by atoms with E-state index in [1.54, 1.807) is 36.6 Å². The van der Waals surface area contributed by atoms with E-state index in [4.69, 9.17) is 4.74 Å². The van der Waals surface area contributed by atoms with Gasteiger partial charge in [-0.15, -0.1) is 11.3 Å². The van der Waals surface area contributed by atoms with Crippen molar-refractivity contribution < 1.29 is 27.5 Å². The number of carbonyl (C=O) groups is 2. The van der Waals surface area contributed by atoms with Crippen molar-refractivity contribution in [3.8, 4) is 21.7 Å². The minimum absolute atomic E-state index is 0.0231. The van der Waals surface area contributed by atoms with Crippen LogP contribution in [0.4, 0.5) is 23.8 Å². The summed E-state index contributed by atoms with van der Waals surface area (Å²) in [7, 11) is 5.27. The molecular weight excluding hydrogens is 611 g/mol. The fourth-order valence-electron chi connectivity index (χ4n) is 4.46. The fourth-order valence-corrected chi connectivity index (χ4v) is 5.31. The zero-order valence-electron chi connectivity index (χ0n) is 25.4. The molecule has 240 valence electrons. The molecule has 3 heterocycles. The summed E-state index contributed by atoms with van der Waals surface area (Å²) in [5.74, 6) is -0.391. The van der Waals surface area contributed by atoms with Gasteiger partial charge in [-0.25, -0.2) is 14.8 Å². The molecule has 0 unspecified atom stereocenters. The van der Waals surface area contributed by atoms with Crippen LogP contribution in [0.3, 0.4) is 0 Å². The third kappa shape index (κ3) is 8.23. The maximum Gasteiger partial charge on any atom is 0.434 e. The van der Waals surface area contributed by atoms with Crippen LogP contribution in [0.1, 0.15) is 29.9 Å². The van der Waals surface area contributed by atoms with Gasteiger partial charge in [0, 0.05) is 67.1 Å². The molecule has 11 nitrogen and oxygen atoms in total. The van der Waals surface area contributed by atoms with Crippen molar-refractivity contribution >= 4 is 40.0 Å². The number of methoxy groups -OCH3 is 1. The fraction of sp³-hybridized carbons (Fsp3) is 0.367. The maximum absolute atomic E-state index is 13.5. The molecule has 4 rings (SSSR count). The molecule has 0 aliphatic heterocycles. The van der Waals surface area contributed by atoms with E-state index >= 15 is 0 Å². The topological polar surface area (TPSA) is 130 Å². The highest BCUT2D eigenvalue weighted by atomic mass is 32.1. The van der Waals surface area contributed by atoms with Crippen LogP contribution in [0, 0.1) is 0 Å². The zero-order valence-corrected chi connectivity index (χ0v) is 26.2. The summed E-state index contributed by atoms with van der Waals surface area (Å²) in [5.41, 5.74) is 0.208. The van der Waals surface area contributed by atoms with Crippen LogP contribution in [0.5, 0.6) is 0 Å². The van der Waals surface area contributed by atoms with E-state index in [1.807, 2.05) is 19.0 Å². The van der Waals surface area contributed by atoms with Crippen molar-refractivity contribution in [3.63, 3.8) is 0 Å². The summed E-state index contributed by atoms with van der Waals surface area (Å²) in [4.78, 5) is 48.8. The highest BCUT2D eigenvalue weighted by Gasteiger charge is 2.34. The lowest BCUT2D eigenvalue weighted by Gasteiger charge is -2.16. The number of thiazole rings is 1. The summed E-state index contributed by atoms with van der Waals surface area (Å²) < 4.78 is 47.4. The number of hydrogen-bond donors (Lipinski definition) is 3. The number of ether oxygens (including phenoxy) is 1. The smallest absolute Gasteiger partial charge is 0.383 e. The Balaban J connectivity index is 1.84. The number of nitrogens with zero attached hydrogens (tertiary/aromatic N) is 4. The number of hydrogen-bond acceptors (Lipinski definition) is 8. The Morgan fingerprint density at radius 3 is 2.56 bits per heavy atom. The van der Waals surface area contributed by atoms with Gasteiger partial charge >= 0.3 is 12.2 Å². The molecule has 0 aliphatic rings. The third-order valence-corrected chi connectivity index (χ3v) is 7.48. The Hall–Kier alpha value is -4.34. The molecule has 3 aromatic heterocycles. The first-order chi connectivity index (χ1) is 21.3. The first-order valence-electron chi connectivity index (χ1n) is 14.0. The molecule has 0 saturated heterocycles. The van der Waals surface area contributed by atoms with Crippen molar-refractivity contribution in [1.29, 1.82) is 0 Å². The highest BCUT2D eigenvalue weighted by molar-refractivity contribution is 7.13. The Labute approximate surface area is 261 Å². The molecule has 3 N–H and O–H groups in total. The average molecular weight is 646 g/mol. The monoisotopic (exact) mass is 645 g/mol. The van der Waals surface area contributed by atoms with Gasteiger partial charge in [0.05, 0.1) is 12.1 Å². The summed E-state index contributed by atoms with van der Waals surface area (Å²) in [6.45, 7) is 5.11. The van der Waals surface area contributed by atoms with Crippen molar-refractivity contribution in [2.24, 2.45) is 0 Å². The molecule has 4 aromatic rings. The first kappa shape index (κ1) is 33.6.